The number of pyridine rings is 1. The predicted molar refractivity (Wildman–Crippen MR) is 74.5 cm³/mol. The SMILES string of the molecule is CCN(CCNC(C)COC)Cc1ccncc1. The topological polar surface area (TPSA) is 37.4 Å². The zero-order chi connectivity index (χ0) is 13.2. The van der Waals surface area contributed by atoms with Crippen molar-refractivity contribution in [3.05, 3.63) is 30.1 Å². The number of hydrogen-bond donors (Lipinski definition) is 1. The molecule has 0 radical (unpaired) electrons. The Morgan fingerprint density at radius 3 is 2.72 bits per heavy atom. The van der Waals surface area contributed by atoms with Crippen LogP contribution in [0.2, 0.25) is 0 Å². The Morgan fingerprint density at radius 1 is 1.39 bits per heavy atom. The van der Waals surface area contributed by atoms with Crippen LogP contribution in [-0.2, 0) is 11.3 Å². The summed E-state index contributed by atoms with van der Waals surface area (Å²) in [5, 5.41) is 3.46. The third-order valence-electron chi connectivity index (χ3n) is 2.94. The van der Waals surface area contributed by atoms with E-state index in [1.54, 1.807) is 7.11 Å². The van der Waals surface area contributed by atoms with Crippen molar-refractivity contribution in [1.29, 1.82) is 0 Å². The lowest BCUT2D eigenvalue weighted by atomic mass is 10.2. The molecule has 1 aromatic rings. The molecular formula is C14H25N3O. The van der Waals surface area contributed by atoms with Gasteiger partial charge >= 0.3 is 0 Å². The highest BCUT2D eigenvalue weighted by molar-refractivity contribution is 5.09. The predicted octanol–water partition coefficient (Wildman–Crippen LogP) is 1.53. The number of rotatable bonds is 9. The number of nitrogens with one attached hydrogen (secondary N) is 1. The summed E-state index contributed by atoms with van der Waals surface area (Å²) >= 11 is 0. The van der Waals surface area contributed by atoms with E-state index < -0.39 is 0 Å². The van der Waals surface area contributed by atoms with Crippen LogP contribution >= 0.6 is 0 Å². The van der Waals surface area contributed by atoms with Gasteiger partial charge in [-0.2, -0.15) is 0 Å². The minimum Gasteiger partial charge on any atom is -0.383 e. The average molecular weight is 251 g/mol. The van der Waals surface area contributed by atoms with Crippen LogP contribution in [0.15, 0.2) is 24.5 Å². The zero-order valence-corrected chi connectivity index (χ0v) is 11.7. The van der Waals surface area contributed by atoms with Crippen LogP contribution in [-0.4, -0.2) is 49.3 Å². The van der Waals surface area contributed by atoms with Gasteiger partial charge in [0.2, 0.25) is 0 Å². The molecule has 0 fully saturated rings. The highest BCUT2D eigenvalue weighted by atomic mass is 16.5. The first-order valence-electron chi connectivity index (χ1n) is 6.59. The first-order chi connectivity index (χ1) is 8.76. The molecule has 0 aliphatic rings. The van der Waals surface area contributed by atoms with Crippen molar-refractivity contribution < 1.29 is 4.74 Å². The molecule has 0 aliphatic heterocycles. The Hall–Kier alpha value is -0.970. The standard InChI is InChI=1S/C14H25N3O/c1-4-17(10-9-16-13(2)12-18-3)11-14-5-7-15-8-6-14/h5-8,13,16H,4,9-12H2,1-3H3. The van der Waals surface area contributed by atoms with Crippen molar-refractivity contribution in [3.63, 3.8) is 0 Å². The van der Waals surface area contributed by atoms with Gasteiger partial charge in [0.25, 0.3) is 0 Å². The lowest BCUT2D eigenvalue weighted by molar-refractivity contribution is 0.169. The quantitative estimate of drug-likeness (QED) is 0.722. The molecule has 0 amide bonds. The molecule has 1 heterocycles. The molecule has 0 saturated heterocycles. The highest BCUT2D eigenvalue weighted by Gasteiger charge is 2.05. The van der Waals surface area contributed by atoms with Crippen LogP contribution in [0, 0.1) is 0 Å². The van der Waals surface area contributed by atoms with Crippen LogP contribution in [0.1, 0.15) is 19.4 Å². The van der Waals surface area contributed by atoms with Crippen molar-refractivity contribution in [1.82, 2.24) is 15.2 Å². The summed E-state index contributed by atoms with van der Waals surface area (Å²) in [5.41, 5.74) is 1.32. The van der Waals surface area contributed by atoms with E-state index >= 15 is 0 Å². The fourth-order valence-corrected chi connectivity index (χ4v) is 1.87. The number of nitrogens with zero attached hydrogens (tertiary/aromatic N) is 2. The van der Waals surface area contributed by atoms with Crippen LogP contribution in [0.5, 0.6) is 0 Å². The Balaban J connectivity index is 2.25. The Bertz CT molecular complexity index is 305. The van der Waals surface area contributed by atoms with Gasteiger partial charge in [0.05, 0.1) is 6.61 Å². The number of likely N-dealkylation sites (N-methyl/N-ethyl adjacent to an activating group) is 1. The molecule has 1 aromatic heterocycles. The zero-order valence-electron chi connectivity index (χ0n) is 11.7. The second kappa shape index (κ2) is 9.03. The molecule has 1 unspecified atom stereocenters. The van der Waals surface area contributed by atoms with E-state index in [1.807, 2.05) is 12.4 Å². The molecule has 0 spiro atoms. The second-order valence-corrected chi connectivity index (χ2v) is 4.53. The number of aromatic nitrogens is 1. The average Bonchev–Trinajstić information content (AvgIpc) is 2.39. The lowest BCUT2D eigenvalue weighted by Gasteiger charge is -2.22. The van der Waals surface area contributed by atoms with E-state index in [0.29, 0.717) is 6.04 Å². The minimum atomic E-state index is 0.412. The normalized spacial score (nSPS) is 12.9. The van der Waals surface area contributed by atoms with Gasteiger partial charge in [0, 0.05) is 45.2 Å². The molecule has 1 rings (SSSR count). The maximum atomic E-state index is 5.10. The van der Waals surface area contributed by atoms with Crippen molar-refractivity contribution in [2.45, 2.75) is 26.4 Å². The molecule has 4 heteroatoms. The van der Waals surface area contributed by atoms with Gasteiger partial charge in [-0.05, 0) is 31.2 Å². The number of hydrogen-bond acceptors (Lipinski definition) is 4. The summed E-state index contributed by atoms with van der Waals surface area (Å²) < 4.78 is 5.10. The van der Waals surface area contributed by atoms with Crippen LogP contribution in [0.25, 0.3) is 0 Å². The fraction of sp³-hybridized carbons (Fsp3) is 0.643. The smallest absolute Gasteiger partial charge is 0.0613 e. The summed E-state index contributed by atoms with van der Waals surface area (Å²) in [7, 11) is 1.74. The van der Waals surface area contributed by atoms with Crippen LogP contribution in [0.3, 0.4) is 0 Å². The molecule has 102 valence electrons. The molecule has 0 saturated carbocycles. The Morgan fingerprint density at radius 2 is 2.11 bits per heavy atom. The summed E-state index contributed by atoms with van der Waals surface area (Å²) in [4.78, 5) is 6.46. The van der Waals surface area contributed by atoms with Crippen molar-refractivity contribution >= 4 is 0 Å². The van der Waals surface area contributed by atoms with E-state index in [9.17, 15) is 0 Å². The maximum Gasteiger partial charge on any atom is 0.0613 e. The second-order valence-electron chi connectivity index (χ2n) is 4.53. The third-order valence-corrected chi connectivity index (χ3v) is 2.94. The maximum absolute atomic E-state index is 5.10. The first-order valence-corrected chi connectivity index (χ1v) is 6.59. The molecule has 4 nitrogen and oxygen atoms in total. The molecular weight excluding hydrogens is 226 g/mol. The Kier molecular flexibility index (Phi) is 7.57. The monoisotopic (exact) mass is 251 g/mol. The van der Waals surface area contributed by atoms with Crippen molar-refractivity contribution in [2.24, 2.45) is 0 Å². The van der Waals surface area contributed by atoms with Crippen molar-refractivity contribution in [3.8, 4) is 0 Å². The summed E-state index contributed by atoms with van der Waals surface area (Å²) in [6.45, 7) is 9.18. The van der Waals surface area contributed by atoms with Gasteiger partial charge in [-0.15, -0.1) is 0 Å². The van der Waals surface area contributed by atoms with Gasteiger partial charge < -0.3 is 10.1 Å². The highest BCUT2D eigenvalue weighted by Crippen LogP contribution is 2.02. The van der Waals surface area contributed by atoms with E-state index in [2.05, 4.69) is 41.2 Å². The minimum absolute atomic E-state index is 0.412. The largest absolute Gasteiger partial charge is 0.383 e. The first kappa shape index (κ1) is 15.1. The summed E-state index contributed by atoms with van der Waals surface area (Å²) in [6, 6.07) is 4.56. The van der Waals surface area contributed by atoms with E-state index in [4.69, 9.17) is 4.74 Å². The summed E-state index contributed by atoms with van der Waals surface area (Å²) in [5.74, 6) is 0. The van der Waals surface area contributed by atoms with Gasteiger partial charge in [-0.25, -0.2) is 0 Å². The van der Waals surface area contributed by atoms with Crippen LogP contribution in [0.4, 0.5) is 0 Å². The Labute approximate surface area is 110 Å². The number of ether oxygens (including phenoxy) is 1. The van der Waals surface area contributed by atoms with E-state index in [-0.39, 0.29) is 0 Å². The van der Waals surface area contributed by atoms with E-state index in [0.717, 1.165) is 32.8 Å². The lowest BCUT2D eigenvalue weighted by Crippen LogP contribution is -2.37. The molecule has 0 aliphatic carbocycles. The summed E-state index contributed by atoms with van der Waals surface area (Å²) in [6.07, 6.45) is 3.70. The van der Waals surface area contributed by atoms with E-state index in [1.165, 1.54) is 5.56 Å². The van der Waals surface area contributed by atoms with Gasteiger partial charge in [0.15, 0.2) is 0 Å². The van der Waals surface area contributed by atoms with Gasteiger partial charge in [-0.1, -0.05) is 6.92 Å². The fourth-order valence-electron chi connectivity index (χ4n) is 1.87. The van der Waals surface area contributed by atoms with Gasteiger partial charge in [0.1, 0.15) is 0 Å². The molecule has 1 atom stereocenters. The molecule has 0 aromatic carbocycles. The van der Waals surface area contributed by atoms with Gasteiger partial charge in [-0.3, -0.25) is 9.88 Å². The molecule has 1 N–H and O–H groups in total. The van der Waals surface area contributed by atoms with Crippen molar-refractivity contribution in [2.75, 3.05) is 33.4 Å². The van der Waals surface area contributed by atoms with Crippen LogP contribution < -0.4 is 5.32 Å². The molecule has 0 bridgehead atoms. The number of methoxy groups -OCH3 is 1. The third kappa shape index (κ3) is 6.10. The molecule has 18 heavy (non-hydrogen) atoms.